The highest BCUT2D eigenvalue weighted by Crippen LogP contribution is 2.15. The summed E-state index contributed by atoms with van der Waals surface area (Å²) in [6.07, 6.45) is 1.55. The Kier molecular flexibility index (Phi) is 8.15. The van der Waals surface area contributed by atoms with Gasteiger partial charge in [-0.2, -0.15) is 0 Å². The van der Waals surface area contributed by atoms with Crippen molar-refractivity contribution in [3.8, 4) is 5.75 Å². The van der Waals surface area contributed by atoms with Gasteiger partial charge in [-0.25, -0.2) is 4.98 Å². The number of amides is 2. The molecule has 1 aromatic carbocycles. The topological polar surface area (TPSA) is 113 Å². The highest BCUT2D eigenvalue weighted by molar-refractivity contribution is 7.99. The average molecular weight is 411 g/mol. The first-order chi connectivity index (χ1) is 13.0. The lowest BCUT2D eigenvalue weighted by Gasteiger charge is -2.09. The van der Waals surface area contributed by atoms with Gasteiger partial charge in [0.05, 0.1) is 5.75 Å². The van der Waals surface area contributed by atoms with Crippen LogP contribution in [0.4, 0.5) is 0 Å². The molecule has 2 aromatic rings. The van der Waals surface area contributed by atoms with Crippen molar-refractivity contribution < 1.29 is 14.3 Å². The highest BCUT2D eigenvalue weighted by atomic mass is 35.5. The molecule has 0 spiro atoms. The Morgan fingerprint density at radius 2 is 1.93 bits per heavy atom. The number of nitrogens with one attached hydrogen (secondary N) is 3. The van der Waals surface area contributed by atoms with Crippen LogP contribution >= 0.6 is 23.4 Å². The Balaban J connectivity index is 1.71. The van der Waals surface area contributed by atoms with E-state index in [2.05, 4.69) is 20.8 Å². The SMILES string of the molecule is CCCc1cc(=O)[nH]c(SCC(=O)NNC(=O)COc2ccc(Cl)cc2)n1. The molecule has 1 heterocycles. The Hall–Kier alpha value is -2.52. The molecule has 0 unspecified atom stereocenters. The summed E-state index contributed by atoms with van der Waals surface area (Å²) in [5.41, 5.74) is 4.94. The number of rotatable bonds is 8. The maximum Gasteiger partial charge on any atom is 0.276 e. The zero-order valence-corrected chi connectivity index (χ0v) is 16.2. The van der Waals surface area contributed by atoms with E-state index < -0.39 is 11.8 Å². The third-order valence-electron chi connectivity index (χ3n) is 3.14. The van der Waals surface area contributed by atoms with Crippen LogP contribution in [0.2, 0.25) is 5.02 Å². The Bertz CT molecular complexity index is 842. The predicted molar refractivity (Wildman–Crippen MR) is 103 cm³/mol. The van der Waals surface area contributed by atoms with Gasteiger partial charge < -0.3 is 9.72 Å². The molecule has 2 rings (SSSR count). The molecule has 144 valence electrons. The largest absolute Gasteiger partial charge is 0.484 e. The third-order valence-corrected chi connectivity index (χ3v) is 4.27. The molecule has 0 aliphatic carbocycles. The summed E-state index contributed by atoms with van der Waals surface area (Å²) in [5.74, 6) is -0.488. The molecule has 0 saturated heterocycles. The molecule has 0 atom stereocenters. The van der Waals surface area contributed by atoms with Crippen molar-refractivity contribution in [3.63, 3.8) is 0 Å². The number of carbonyl (C=O) groups is 2. The third kappa shape index (κ3) is 7.71. The van der Waals surface area contributed by atoms with Gasteiger partial charge in [0.2, 0.25) is 5.91 Å². The summed E-state index contributed by atoms with van der Waals surface area (Å²) in [5, 5.41) is 0.922. The number of aromatic amines is 1. The standard InChI is InChI=1S/C17H19ClN4O4S/c1-2-3-12-8-14(23)20-17(19-12)27-10-16(25)22-21-15(24)9-26-13-6-4-11(18)5-7-13/h4-8H,2-3,9-10H2,1H3,(H,21,24)(H,22,25)(H,19,20,23). The van der Waals surface area contributed by atoms with Crippen LogP contribution in [0.5, 0.6) is 5.75 Å². The summed E-state index contributed by atoms with van der Waals surface area (Å²) in [6.45, 7) is 1.73. The summed E-state index contributed by atoms with van der Waals surface area (Å²) in [6, 6.07) is 7.98. The lowest BCUT2D eigenvalue weighted by molar-refractivity contribution is -0.128. The van der Waals surface area contributed by atoms with Gasteiger partial charge >= 0.3 is 0 Å². The normalized spacial score (nSPS) is 10.3. The number of ether oxygens (including phenoxy) is 1. The fourth-order valence-corrected chi connectivity index (χ4v) is 2.78. The molecule has 0 saturated carbocycles. The van der Waals surface area contributed by atoms with E-state index in [0.29, 0.717) is 28.0 Å². The van der Waals surface area contributed by atoms with Crippen molar-refractivity contribution in [1.82, 2.24) is 20.8 Å². The van der Waals surface area contributed by atoms with Crippen LogP contribution in [-0.4, -0.2) is 34.1 Å². The van der Waals surface area contributed by atoms with Crippen LogP contribution < -0.4 is 21.1 Å². The Labute approximate surface area is 165 Å². The molecule has 0 aliphatic heterocycles. The van der Waals surface area contributed by atoms with E-state index in [0.717, 1.165) is 18.2 Å². The number of benzene rings is 1. The number of aryl methyl sites for hydroxylation is 1. The molecule has 27 heavy (non-hydrogen) atoms. The monoisotopic (exact) mass is 410 g/mol. The van der Waals surface area contributed by atoms with E-state index in [4.69, 9.17) is 16.3 Å². The number of aromatic nitrogens is 2. The van der Waals surface area contributed by atoms with Crippen LogP contribution in [0.3, 0.4) is 0 Å². The van der Waals surface area contributed by atoms with Crippen LogP contribution in [0.15, 0.2) is 40.3 Å². The smallest absolute Gasteiger partial charge is 0.276 e. The second-order valence-electron chi connectivity index (χ2n) is 5.42. The quantitative estimate of drug-likeness (QED) is 0.347. The zero-order valence-electron chi connectivity index (χ0n) is 14.6. The minimum atomic E-state index is -0.514. The number of hydrogen-bond acceptors (Lipinski definition) is 6. The molecule has 1 aromatic heterocycles. The van der Waals surface area contributed by atoms with E-state index in [1.165, 1.54) is 6.07 Å². The number of nitrogens with zero attached hydrogens (tertiary/aromatic N) is 1. The van der Waals surface area contributed by atoms with Crippen molar-refractivity contribution >= 4 is 35.2 Å². The lowest BCUT2D eigenvalue weighted by Crippen LogP contribution is -2.44. The van der Waals surface area contributed by atoms with Gasteiger partial charge in [-0.05, 0) is 30.7 Å². The number of halogens is 1. The maximum atomic E-state index is 11.8. The summed E-state index contributed by atoms with van der Waals surface area (Å²) in [7, 11) is 0. The van der Waals surface area contributed by atoms with Gasteiger partial charge in [-0.3, -0.25) is 25.2 Å². The minimum absolute atomic E-state index is 0.0170. The van der Waals surface area contributed by atoms with Gasteiger partial charge in [-0.15, -0.1) is 0 Å². The van der Waals surface area contributed by atoms with E-state index in [1.807, 2.05) is 6.92 Å². The summed E-state index contributed by atoms with van der Waals surface area (Å²) >= 11 is 6.83. The molecule has 0 aliphatic rings. The number of hydrogen-bond donors (Lipinski definition) is 3. The molecule has 3 N–H and O–H groups in total. The van der Waals surface area contributed by atoms with E-state index in [-0.39, 0.29) is 17.9 Å². The molecule has 8 nitrogen and oxygen atoms in total. The highest BCUT2D eigenvalue weighted by Gasteiger charge is 2.08. The number of thioether (sulfide) groups is 1. The van der Waals surface area contributed by atoms with Crippen LogP contribution in [0.25, 0.3) is 0 Å². The van der Waals surface area contributed by atoms with E-state index >= 15 is 0 Å². The first-order valence-electron chi connectivity index (χ1n) is 8.15. The molecule has 0 fully saturated rings. The van der Waals surface area contributed by atoms with Crippen molar-refractivity contribution in [2.75, 3.05) is 12.4 Å². The van der Waals surface area contributed by atoms with Gasteiger partial charge in [0.1, 0.15) is 5.75 Å². The first-order valence-corrected chi connectivity index (χ1v) is 9.51. The molecule has 0 bridgehead atoms. The molecule has 10 heteroatoms. The predicted octanol–water partition coefficient (Wildman–Crippen LogP) is 1.69. The number of carbonyl (C=O) groups excluding carboxylic acids is 2. The van der Waals surface area contributed by atoms with E-state index in [9.17, 15) is 14.4 Å². The maximum absolute atomic E-state index is 11.8. The fraction of sp³-hybridized carbons (Fsp3) is 0.294. The fourth-order valence-electron chi connectivity index (χ4n) is 1.96. The van der Waals surface area contributed by atoms with E-state index in [1.54, 1.807) is 24.3 Å². The average Bonchev–Trinajstić information content (AvgIpc) is 2.64. The summed E-state index contributed by atoms with van der Waals surface area (Å²) in [4.78, 5) is 41.9. The van der Waals surface area contributed by atoms with Gasteiger partial charge in [0.15, 0.2) is 11.8 Å². The molecular formula is C17H19ClN4O4S. The minimum Gasteiger partial charge on any atom is -0.484 e. The van der Waals surface area contributed by atoms with Crippen molar-refractivity contribution in [1.29, 1.82) is 0 Å². The molecule has 2 amide bonds. The van der Waals surface area contributed by atoms with Crippen molar-refractivity contribution in [2.45, 2.75) is 24.9 Å². The Morgan fingerprint density at radius 3 is 2.63 bits per heavy atom. The zero-order chi connectivity index (χ0) is 19.6. The number of H-pyrrole nitrogens is 1. The van der Waals surface area contributed by atoms with Crippen molar-refractivity contribution in [3.05, 3.63) is 51.4 Å². The summed E-state index contributed by atoms with van der Waals surface area (Å²) < 4.78 is 5.26. The molecular weight excluding hydrogens is 392 g/mol. The van der Waals surface area contributed by atoms with Crippen molar-refractivity contribution in [2.24, 2.45) is 0 Å². The first kappa shape index (κ1) is 20.8. The van der Waals surface area contributed by atoms with Gasteiger partial charge in [0.25, 0.3) is 11.5 Å². The van der Waals surface area contributed by atoms with Crippen LogP contribution in [0, 0.1) is 0 Å². The second kappa shape index (κ2) is 10.6. The van der Waals surface area contributed by atoms with Gasteiger partial charge in [-0.1, -0.05) is 36.7 Å². The van der Waals surface area contributed by atoms with Gasteiger partial charge in [0, 0.05) is 16.8 Å². The van der Waals surface area contributed by atoms with Crippen LogP contribution in [-0.2, 0) is 16.0 Å². The lowest BCUT2D eigenvalue weighted by atomic mass is 10.2. The number of hydrazine groups is 1. The Morgan fingerprint density at radius 1 is 1.22 bits per heavy atom. The molecule has 0 radical (unpaired) electrons. The van der Waals surface area contributed by atoms with Crippen LogP contribution in [0.1, 0.15) is 19.0 Å². The second-order valence-corrected chi connectivity index (χ2v) is 6.82.